The highest BCUT2D eigenvalue weighted by molar-refractivity contribution is 6.14. The predicted molar refractivity (Wildman–Crippen MR) is 38.8 cm³/mol. The molecule has 1 aliphatic rings. The van der Waals surface area contributed by atoms with Crippen LogP contribution in [0.15, 0.2) is 12.4 Å². The van der Waals surface area contributed by atoms with Crippen molar-refractivity contribution in [3.63, 3.8) is 0 Å². The van der Waals surface area contributed by atoms with Crippen molar-refractivity contribution in [2.45, 2.75) is 12.5 Å². The summed E-state index contributed by atoms with van der Waals surface area (Å²) in [6, 6.07) is 0. The van der Waals surface area contributed by atoms with Crippen LogP contribution in [-0.2, 0) is 0 Å². The fourth-order valence-corrected chi connectivity index (χ4v) is 0.751. The van der Waals surface area contributed by atoms with E-state index < -0.39 is 0 Å². The molecule has 1 rings (SSSR count). The van der Waals surface area contributed by atoms with E-state index in [9.17, 15) is 0 Å². The van der Waals surface area contributed by atoms with Gasteiger partial charge in [-0.15, -0.1) is 0 Å². The van der Waals surface area contributed by atoms with Gasteiger partial charge in [0, 0.05) is 26.5 Å². The molecule has 2 radical (unpaired) electrons. The Morgan fingerprint density at radius 2 is 1.56 bits per heavy atom. The van der Waals surface area contributed by atoms with Gasteiger partial charge in [0.2, 0.25) is 0 Å². The summed E-state index contributed by atoms with van der Waals surface area (Å²) < 4.78 is 0. The first-order valence-corrected chi connectivity index (χ1v) is 2.98. The molecule has 0 aliphatic carbocycles. The van der Waals surface area contributed by atoms with Crippen LogP contribution < -0.4 is 0 Å². The van der Waals surface area contributed by atoms with Gasteiger partial charge in [0.15, 0.2) is 0 Å². The Hall–Kier alpha value is -0.595. The summed E-state index contributed by atoms with van der Waals surface area (Å²) in [6.45, 7) is 1.97. The zero-order valence-electron chi connectivity index (χ0n) is 6.13. The molecule has 0 N–H and O–H groups in total. The second kappa shape index (κ2) is 1.69. The first kappa shape index (κ1) is 6.52. The molecule has 0 saturated heterocycles. The molecule has 1 aliphatic heterocycles. The number of nitrogens with zero attached hydrogens (tertiary/aromatic N) is 2. The SMILES string of the molecule is [B]C1(C)N(C)C=CN1C. The molecule has 0 unspecified atom stereocenters. The molecular weight excluding hydrogens is 111 g/mol. The van der Waals surface area contributed by atoms with Crippen LogP contribution in [0.2, 0.25) is 0 Å². The normalized spacial score (nSPS) is 23.4. The van der Waals surface area contributed by atoms with Crippen molar-refractivity contribution < 1.29 is 0 Å². The zero-order chi connectivity index (χ0) is 7.07. The van der Waals surface area contributed by atoms with Crippen molar-refractivity contribution in [2.75, 3.05) is 14.1 Å². The standard InChI is InChI=1S/C6H11BN2/c1-6(7)8(2)4-5-9(6)3/h4-5H,1-3H3. The summed E-state index contributed by atoms with van der Waals surface area (Å²) in [5, 5.41) is 0. The molecule has 48 valence electrons. The molecule has 0 amide bonds. The van der Waals surface area contributed by atoms with Gasteiger partial charge in [0.25, 0.3) is 0 Å². The van der Waals surface area contributed by atoms with Gasteiger partial charge in [-0.2, -0.15) is 0 Å². The first-order chi connectivity index (χ1) is 4.05. The van der Waals surface area contributed by atoms with Crippen LogP contribution in [-0.4, -0.2) is 37.3 Å². The predicted octanol–water partition coefficient (Wildman–Crippen LogP) is 0.177. The molecule has 0 atom stereocenters. The molecule has 0 bridgehead atoms. The van der Waals surface area contributed by atoms with Gasteiger partial charge in [0.1, 0.15) is 7.85 Å². The maximum absolute atomic E-state index is 5.85. The summed E-state index contributed by atoms with van der Waals surface area (Å²) >= 11 is 0. The molecule has 0 saturated carbocycles. The largest absolute Gasteiger partial charge is 0.365 e. The van der Waals surface area contributed by atoms with E-state index in [4.69, 9.17) is 7.85 Å². The van der Waals surface area contributed by atoms with Crippen LogP contribution in [0.3, 0.4) is 0 Å². The Balaban J connectivity index is 2.76. The third kappa shape index (κ3) is 0.804. The Labute approximate surface area is 57.5 Å². The van der Waals surface area contributed by atoms with E-state index in [1.807, 2.05) is 43.2 Å². The minimum Gasteiger partial charge on any atom is -0.365 e. The van der Waals surface area contributed by atoms with E-state index in [0.717, 1.165) is 0 Å². The van der Waals surface area contributed by atoms with E-state index in [1.165, 1.54) is 0 Å². The van der Waals surface area contributed by atoms with E-state index in [2.05, 4.69) is 0 Å². The van der Waals surface area contributed by atoms with Crippen LogP contribution in [0, 0.1) is 0 Å². The lowest BCUT2D eigenvalue weighted by atomic mass is 9.87. The fourth-order valence-electron chi connectivity index (χ4n) is 0.751. The molecule has 3 heteroatoms. The van der Waals surface area contributed by atoms with Gasteiger partial charge < -0.3 is 9.80 Å². The van der Waals surface area contributed by atoms with Crippen molar-refractivity contribution in [3.05, 3.63) is 12.4 Å². The van der Waals surface area contributed by atoms with Gasteiger partial charge in [-0.05, 0) is 6.92 Å². The summed E-state index contributed by atoms with van der Waals surface area (Å²) in [5.74, 6) is 0. The van der Waals surface area contributed by atoms with E-state index >= 15 is 0 Å². The van der Waals surface area contributed by atoms with Crippen LogP contribution in [0.5, 0.6) is 0 Å². The third-order valence-electron chi connectivity index (χ3n) is 1.94. The van der Waals surface area contributed by atoms with Crippen molar-refractivity contribution in [3.8, 4) is 0 Å². The molecule has 0 spiro atoms. The quantitative estimate of drug-likeness (QED) is 0.423. The average molecular weight is 122 g/mol. The molecular formula is C6H11BN2. The van der Waals surface area contributed by atoms with Gasteiger partial charge in [-0.3, -0.25) is 0 Å². The number of hydrogen-bond donors (Lipinski definition) is 0. The summed E-state index contributed by atoms with van der Waals surface area (Å²) in [6.07, 6.45) is 3.92. The average Bonchev–Trinajstić information content (AvgIpc) is 1.96. The highest BCUT2D eigenvalue weighted by Crippen LogP contribution is 2.19. The monoisotopic (exact) mass is 122 g/mol. The van der Waals surface area contributed by atoms with E-state index in [1.54, 1.807) is 0 Å². The zero-order valence-corrected chi connectivity index (χ0v) is 6.13. The van der Waals surface area contributed by atoms with Crippen molar-refractivity contribution in [1.29, 1.82) is 0 Å². The Morgan fingerprint density at radius 1 is 1.22 bits per heavy atom. The molecule has 1 heterocycles. The first-order valence-electron chi connectivity index (χ1n) is 2.98. The van der Waals surface area contributed by atoms with Crippen LogP contribution >= 0.6 is 0 Å². The molecule has 0 aromatic carbocycles. The van der Waals surface area contributed by atoms with Gasteiger partial charge in [-0.1, -0.05) is 0 Å². The molecule has 9 heavy (non-hydrogen) atoms. The summed E-state index contributed by atoms with van der Waals surface area (Å²) in [4.78, 5) is 3.93. The molecule has 0 fully saturated rings. The van der Waals surface area contributed by atoms with Crippen LogP contribution in [0.1, 0.15) is 6.92 Å². The minimum absolute atomic E-state index is 0.333. The fraction of sp³-hybridized carbons (Fsp3) is 0.667. The van der Waals surface area contributed by atoms with Crippen LogP contribution in [0.25, 0.3) is 0 Å². The second-order valence-electron chi connectivity index (χ2n) is 2.61. The summed E-state index contributed by atoms with van der Waals surface area (Å²) in [5.41, 5.74) is -0.333. The highest BCUT2D eigenvalue weighted by atomic mass is 15.4. The van der Waals surface area contributed by atoms with E-state index in [0.29, 0.717) is 0 Å². The smallest absolute Gasteiger partial charge is 0.134 e. The van der Waals surface area contributed by atoms with Gasteiger partial charge in [-0.25, -0.2) is 0 Å². The van der Waals surface area contributed by atoms with Crippen molar-refractivity contribution >= 4 is 7.85 Å². The lowest BCUT2D eigenvalue weighted by Crippen LogP contribution is -2.47. The van der Waals surface area contributed by atoms with Gasteiger partial charge in [0.05, 0.1) is 5.56 Å². The minimum atomic E-state index is -0.333. The van der Waals surface area contributed by atoms with Crippen LogP contribution in [0.4, 0.5) is 0 Å². The van der Waals surface area contributed by atoms with Gasteiger partial charge >= 0.3 is 0 Å². The second-order valence-corrected chi connectivity index (χ2v) is 2.61. The van der Waals surface area contributed by atoms with E-state index in [-0.39, 0.29) is 5.56 Å². The maximum Gasteiger partial charge on any atom is 0.134 e. The lowest BCUT2D eigenvalue weighted by molar-refractivity contribution is 0.177. The molecule has 0 aromatic rings. The Morgan fingerprint density at radius 3 is 1.67 bits per heavy atom. The topological polar surface area (TPSA) is 6.48 Å². The lowest BCUT2D eigenvalue weighted by Gasteiger charge is -2.36. The number of rotatable bonds is 0. The molecule has 2 nitrogen and oxygen atoms in total. The number of hydrogen-bond acceptors (Lipinski definition) is 2. The van der Waals surface area contributed by atoms with Crippen molar-refractivity contribution in [2.24, 2.45) is 0 Å². The Kier molecular flexibility index (Phi) is 1.23. The highest BCUT2D eigenvalue weighted by Gasteiger charge is 2.27. The third-order valence-corrected chi connectivity index (χ3v) is 1.94. The van der Waals surface area contributed by atoms with Crippen molar-refractivity contribution in [1.82, 2.24) is 9.80 Å². The maximum atomic E-state index is 5.85. The Bertz CT molecular complexity index is 128. The molecule has 0 aromatic heterocycles. The summed E-state index contributed by atoms with van der Waals surface area (Å²) in [7, 11) is 9.77.